The fourth-order valence-corrected chi connectivity index (χ4v) is 2.94. The Morgan fingerprint density at radius 3 is 2.52 bits per heavy atom. The molecule has 0 spiro atoms. The van der Waals surface area contributed by atoms with E-state index in [1.165, 1.54) is 27.4 Å². The number of aliphatic hydroxyl groups is 1. The van der Waals surface area contributed by atoms with E-state index >= 15 is 0 Å². The summed E-state index contributed by atoms with van der Waals surface area (Å²) >= 11 is 0. The van der Waals surface area contributed by atoms with Crippen LogP contribution in [0.4, 0.5) is 0 Å². The number of nitrogens with zero attached hydrogens (tertiary/aromatic N) is 1. The Morgan fingerprint density at radius 2 is 1.81 bits per heavy atom. The van der Waals surface area contributed by atoms with E-state index in [9.17, 15) is 0 Å². The van der Waals surface area contributed by atoms with Crippen LogP contribution in [-0.4, -0.2) is 22.3 Å². The van der Waals surface area contributed by atoms with E-state index in [1.807, 2.05) is 0 Å². The first-order valence-electron chi connectivity index (χ1n) is 7.11. The summed E-state index contributed by atoms with van der Waals surface area (Å²) in [5.74, 6) is 0. The highest BCUT2D eigenvalue weighted by Crippen LogP contribution is 2.29. The summed E-state index contributed by atoms with van der Waals surface area (Å²) in [6.45, 7) is 3.15. The average Bonchev–Trinajstić information content (AvgIpc) is 2.80. The van der Waals surface area contributed by atoms with Crippen molar-refractivity contribution in [2.45, 2.75) is 25.9 Å². The normalized spacial score (nSPS) is 12.5. The molecule has 2 aromatic carbocycles. The quantitative estimate of drug-likeness (QED) is 0.778. The predicted octanol–water partition coefficient (Wildman–Crippen LogP) is 3.10. The van der Waals surface area contributed by atoms with Crippen LogP contribution in [0.3, 0.4) is 0 Å². The van der Waals surface area contributed by atoms with Crippen molar-refractivity contribution in [1.82, 2.24) is 4.57 Å². The van der Waals surface area contributed by atoms with Crippen molar-refractivity contribution < 1.29 is 5.11 Å². The second-order valence-corrected chi connectivity index (χ2v) is 5.26. The zero-order valence-electron chi connectivity index (χ0n) is 12.1. The second-order valence-electron chi connectivity index (χ2n) is 5.26. The van der Waals surface area contributed by atoms with Crippen LogP contribution < -0.4 is 5.73 Å². The summed E-state index contributed by atoms with van der Waals surface area (Å²) in [6.07, 6.45) is 0.706. The zero-order chi connectivity index (χ0) is 14.1. The van der Waals surface area contributed by atoms with Crippen molar-refractivity contribution in [3.8, 4) is 0 Å². The van der Waals surface area contributed by atoms with Crippen molar-refractivity contribution in [2.24, 2.45) is 5.73 Å². The number of nitrogens with two attached hydrogens (primary N) is 1. The summed E-state index contributed by atoms with van der Waals surface area (Å²) in [6, 6.07) is 14.8. The molecule has 112 valence electrons. The average molecular weight is 305 g/mol. The fraction of sp³-hybridized carbons (Fsp3) is 0.294. The SMILES string of the molecule is CCn1c2ccccc2c2cc(CC(N)CO)ccc21.Cl. The van der Waals surface area contributed by atoms with Gasteiger partial charge in [-0.15, -0.1) is 12.4 Å². The summed E-state index contributed by atoms with van der Waals surface area (Å²) in [7, 11) is 0. The van der Waals surface area contributed by atoms with Crippen molar-refractivity contribution >= 4 is 34.2 Å². The van der Waals surface area contributed by atoms with Gasteiger partial charge in [0.2, 0.25) is 0 Å². The lowest BCUT2D eigenvalue weighted by atomic mass is 10.0. The van der Waals surface area contributed by atoms with Crippen LogP contribution in [0.5, 0.6) is 0 Å². The Labute approximate surface area is 130 Å². The number of aromatic nitrogens is 1. The van der Waals surface area contributed by atoms with Gasteiger partial charge in [-0.1, -0.05) is 24.3 Å². The predicted molar refractivity (Wildman–Crippen MR) is 91.1 cm³/mol. The first-order chi connectivity index (χ1) is 9.74. The largest absolute Gasteiger partial charge is 0.395 e. The monoisotopic (exact) mass is 304 g/mol. The van der Waals surface area contributed by atoms with E-state index in [-0.39, 0.29) is 25.1 Å². The number of aryl methyl sites for hydroxylation is 1. The lowest BCUT2D eigenvalue weighted by molar-refractivity contribution is 0.265. The van der Waals surface area contributed by atoms with Gasteiger partial charge in [0, 0.05) is 34.4 Å². The minimum absolute atomic E-state index is 0. The molecule has 4 heteroatoms. The minimum Gasteiger partial charge on any atom is -0.395 e. The molecular weight excluding hydrogens is 284 g/mol. The molecule has 3 rings (SSSR count). The van der Waals surface area contributed by atoms with E-state index in [0.29, 0.717) is 6.42 Å². The highest BCUT2D eigenvalue weighted by atomic mass is 35.5. The topological polar surface area (TPSA) is 51.2 Å². The molecule has 0 aliphatic heterocycles. The van der Waals surface area contributed by atoms with Gasteiger partial charge in [0.05, 0.1) is 6.61 Å². The van der Waals surface area contributed by atoms with Crippen LogP contribution in [0.15, 0.2) is 42.5 Å². The van der Waals surface area contributed by atoms with Gasteiger partial charge in [-0.2, -0.15) is 0 Å². The van der Waals surface area contributed by atoms with Gasteiger partial charge in [0.1, 0.15) is 0 Å². The van der Waals surface area contributed by atoms with Gasteiger partial charge in [0.15, 0.2) is 0 Å². The Hall–Kier alpha value is -1.55. The third-order valence-corrected chi connectivity index (χ3v) is 3.89. The zero-order valence-corrected chi connectivity index (χ0v) is 12.9. The maximum absolute atomic E-state index is 9.09. The van der Waals surface area contributed by atoms with Crippen molar-refractivity contribution in [1.29, 1.82) is 0 Å². The molecule has 3 N–H and O–H groups in total. The molecule has 1 aromatic heterocycles. The molecular formula is C17H21ClN2O. The van der Waals surface area contributed by atoms with Crippen molar-refractivity contribution in [3.63, 3.8) is 0 Å². The Morgan fingerprint density at radius 1 is 1.10 bits per heavy atom. The number of rotatable bonds is 4. The van der Waals surface area contributed by atoms with E-state index in [2.05, 4.69) is 54.0 Å². The van der Waals surface area contributed by atoms with Crippen LogP contribution in [0.25, 0.3) is 21.8 Å². The van der Waals surface area contributed by atoms with Gasteiger partial charge in [-0.3, -0.25) is 0 Å². The Bertz CT molecular complexity index is 751. The molecule has 0 aliphatic rings. The molecule has 0 saturated heterocycles. The smallest absolute Gasteiger partial charge is 0.0585 e. The molecule has 0 radical (unpaired) electrons. The van der Waals surface area contributed by atoms with Crippen molar-refractivity contribution in [3.05, 3.63) is 48.0 Å². The standard InChI is InChI=1S/C17H20N2O.ClH/c1-2-19-16-6-4-3-5-14(16)15-10-12(7-8-17(15)19)9-13(18)11-20;/h3-8,10,13,20H,2,9,11,18H2,1H3;1H. The first-order valence-corrected chi connectivity index (χ1v) is 7.11. The summed E-state index contributed by atoms with van der Waals surface area (Å²) in [4.78, 5) is 0. The molecule has 3 nitrogen and oxygen atoms in total. The molecule has 0 fully saturated rings. The molecule has 1 heterocycles. The molecule has 0 amide bonds. The molecule has 1 unspecified atom stereocenters. The maximum Gasteiger partial charge on any atom is 0.0585 e. The van der Waals surface area contributed by atoms with Crippen LogP contribution in [-0.2, 0) is 13.0 Å². The highest BCUT2D eigenvalue weighted by Gasteiger charge is 2.10. The number of fused-ring (bicyclic) bond motifs is 3. The summed E-state index contributed by atoms with van der Waals surface area (Å²) in [5, 5.41) is 11.6. The van der Waals surface area contributed by atoms with Crippen LogP contribution >= 0.6 is 12.4 Å². The number of aliphatic hydroxyl groups excluding tert-OH is 1. The first kappa shape index (κ1) is 15.8. The molecule has 0 saturated carbocycles. The number of benzene rings is 2. The molecule has 3 aromatic rings. The lowest BCUT2D eigenvalue weighted by Crippen LogP contribution is -2.26. The Balaban J connectivity index is 0.00000161. The Kier molecular flexibility index (Phi) is 4.88. The summed E-state index contributed by atoms with van der Waals surface area (Å²) in [5.41, 5.74) is 9.55. The number of hydrogen-bond acceptors (Lipinski definition) is 2. The third-order valence-electron chi connectivity index (χ3n) is 3.89. The molecule has 0 aliphatic carbocycles. The second kappa shape index (κ2) is 6.48. The molecule has 21 heavy (non-hydrogen) atoms. The van der Waals surface area contributed by atoms with E-state index < -0.39 is 0 Å². The lowest BCUT2D eigenvalue weighted by Gasteiger charge is -2.08. The third kappa shape index (κ3) is 2.77. The van der Waals surface area contributed by atoms with Gasteiger partial charge in [-0.05, 0) is 37.1 Å². The number of halogens is 1. The van der Waals surface area contributed by atoms with Crippen LogP contribution in [0.1, 0.15) is 12.5 Å². The fourth-order valence-electron chi connectivity index (χ4n) is 2.94. The molecule has 1 atom stereocenters. The van der Waals surface area contributed by atoms with Crippen molar-refractivity contribution in [2.75, 3.05) is 6.61 Å². The minimum atomic E-state index is -0.188. The van der Waals surface area contributed by atoms with Gasteiger partial charge in [-0.25, -0.2) is 0 Å². The number of para-hydroxylation sites is 1. The summed E-state index contributed by atoms with van der Waals surface area (Å²) < 4.78 is 2.33. The van der Waals surface area contributed by atoms with Gasteiger partial charge < -0.3 is 15.4 Å². The van der Waals surface area contributed by atoms with Crippen LogP contribution in [0.2, 0.25) is 0 Å². The van der Waals surface area contributed by atoms with Crippen LogP contribution in [0, 0.1) is 0 Å². The maximum atomic E-state index is 9.09. The van der Waals surface area contributed by atoms with E-state index in [1.54, 1.807) is 0 Å². The molecule has 0 bridgehead atoms. The van der Waals surface area contributed by atoms with E-state index in [4.69, 9.17) is 10.8 Å². The van der Waals surface area contributed by atoms with Gasteiger partial charge >= 0.3 is 0 Å². The van der Waals surface area contributed by atoms with E-state index in [0.717, 1.165) is 6.54 Å². The van der Waals surface area contributed by atoms with Gasteiger partial charge in [0.25, 0.3) is 0 Å². The highest BCUT2D eigenvalue weighted by molar-refractivity contribution is 6.08. The number of hydrogen-bond donors (Lipinski definition) is 2.